The van der Waals surface area contributed by atoms with Crippen LogP contribution >= 0.6 is 0 Å². The maximum Gasteiger partial charge on any atom is 0.338 e. The molecule has 0 saturated heterocycles. The van der Waals surface area contributed by atoms with Gasteiger partial charge in [-0.25, -0.2) is 4.79 Å². The number of amides is 1. The van der Waals surface area contributed by atoms with Crippen LogP contribution < -0.4 is 11.1 Å². The molecule has 1 aromatic carbocycles. The van der Waals surface area contributed by atoms with Crippen molar-refractivity contribution in [3.05, 3.63) is 29.3 Å². The first-order valence-corrected chi connectivity index (χ1v) is 5.80. The third kappa shape index (κ3) is 3.48. The third-order valence-corrected chi connectivity index (χ3v) is 2.51. The minimum Gasteiger partial charge on any atom is -0.449 e. The largest absolute Gasteiger partial charge is 0.449 e. The summed E-state index contributed by atoms with van der Waals surface area (Å²) in [5.74, 6) is -0.838. The second-order valence-corrected chi connectivity index (χ2v) is 4.01. The van der Waals surface area contributed by atoms with Crippen molar-refractivity contribution in [2.24, 2.45) is 0 Å². The first kappa shape index (κ1) is 14.0. The van der Waals surface area contributed by atoms with Gasteiger partial charge in [-0.2, -0.15) is 0 Å². The number of esters is 1. The van der Waals surface area contributed by atoms with Crippen molar-refractivity contribution in [3.63, 3.8) is 0 Å². The van der Waals surface area contributed by atoms with Crippen LogP contribution in [-0.2, 0) is 9.53 Å². The highest BCUT2D eigenvalue weighted by Gasteiger charge is 2.18. The lowest BCUT2D eigenvalue weighted by Gasteiger charge is -2.13. The number of carbonyl (C=O) groups excluding carboxylic acids is 2. The third-order valence-electron chi connectivity index (χ3n) is 2.51. The average Bonchev–Trinajstić information content (AvgIpc) is 2.32. The first-order chi connectivity index (χ1) is 8.45. The molecule has 0 fully saturated rings. The van der Waals surface area contributed by atoms with Crippen LogP contribution in [0.25, 0.3) is 0 Å². The van der Waals surface area contributed by atoms with E-state index in [2.05, 4.69) is 5.32 Å². The Labute approximate surface area is 106 Å². The van der Waals surface area contributed by atoms with Crippen LogP contribution in [-0.4, -0.2) is 24.5 Å². The van der Waals surface area contributed by atoms with Crippen molar-refractivity contribution in [3.8, 4) is 0 Å². The number of carbonyl (C=O) groups is 2. The van der Waals surface area contributed by atoms with Gasteiger partial charge in [0.25, 0.3) is 5.91 Å². The number of rotatable bonds is 4. The van der Waals surface area contributed by atoms with Gasteiger partial charge in [-0.1, -0.05) is 0 Å². The predicted octanol–water partition coefficient (Wildman–Crippen LogP) is 1.26. The number of hydrogen-bond donors (Lipinski definition) is 2. The number of aryl methyl sites for hydroxylation is 1. The summed E-state index contributed by atoms with van der Waals surface area (Å²) in [6, 6.07) is 4.86. The van der Waals surface area contributed by atoms with E-state index in [9.17, 15) is 9.59 Å². The van der Waals surface area contributed by atoms with Crippen LogP contribution in [0, 0.1) is 6.92 Å². The van der Waals surface area contributed by atoms with Crippen LogP contribution in [0.4, 0.5) is 5.69 Å². The van der Waals surface area contributed by atoms with Gasteiger partial charge in [0.1, 0.15) is 0 Å². The Morgan fingerprint density at radius 2 is 2.11 bits per heavy atom. The van der Waals surface area contributed by atoms with Crippen molar-refractivity contribution >= 4 is 17.6 Å². The Morgan fingerprint density at radius 1 is 1.44 bits per heavy atom. The zero-order valence-corrected chi connectivity index (χ0v) is 10.8. The quantitative estimate of drug-likeness (QED) is 0.622. The van der Waals surface area contributed by atoms with E-state index in [0.717, 1.165) is 5.56 Å². The number of nitrogens with one attached hydrogen (secondary N) is 1. The van der Waals surface area contributed by atoms with E-state index < -0.39 is 12.1 Å². The molecule has 0 spiro atoms. The fraction of sp³-hybridized carbons (Fsp3) is 0.385. The highest BCUT2D eigenvalue weighted by atomic mass is 16.5. The molecule has 0 saturated carbocycles. The van der Waals surface area contributed by atoms with Crippen molar-refractivity contribution in [1.82, 2.24) is 5.32 Å². The molecule has 3 N–H and O–H groups in total. The van der Waals surface area contributed by atoms with Crippen LogP contribution in [0.3, 0.4) is 0 Å². The molecule has 18 heavy (non-hydrogen) atoms. The van der Waals surface area contributed by atoms with Crippen molar-refractivity contribution in [2.75, 3.05) is 12.3 Å². The van der Waals surface area contributed by atoms with Crippen molar-refractivity contribution in [1.29, 1.82) is 0 Å². The number of ether oxygens (including phenoxy) is 1. The minimum atomic E-state index is -0.810. The smallest absolute Gasteiger partial charge is 0.338 e. The summed E-state index contributed by atoms with van der Waals surface area (Å²) >= 11 is 0. The zero-order chi connectivity index (χ0) is 13.7. The molecule has 98 valence electrons. The van der Waals surface area contributed by atoms with Gasteiger partial charge in [-0.05, 0) is 44.5 Å². The second-order valence-electron chi connectivity index (χ2n) is 4.01. The highest BCUT2D eigenvalue weighted by Crippen LogP contribution is 2.14. The van der Waals surface area contributed by atoms with Gasteiger partial charge in [0.2, 0.25) is 0 Å². The van der Waals surface area contributed by atoms with E-state index in [-0.39, 0.29) is 5.91 Å². The highest BCUT2D eigenvalue weighted by molar-refractivity contribution is 5.92. The Balaban J connectivity index is 2.70. The lowest BCUT2D eigenvalue weighted by molar-refractivity contribution is -0.128. The molecule has 0 bridgehead atoms. The molecule has 5 nitrogen and oxygen atoms in total. The zero-order valence-electron chi connectivity index (χ0n) is 10.8. The molecule has 0 aliphatic carbocycles. The standard InChI is InChI=1S/C13H18N2O3/c1-4-15-12(16)9(3)18-13(17)10-5-6-11(14)8(2)7-10/h5-7,9H,4,14H2,1-3H3,(H,15,16). The monoisotopic (exact) mass is 250 g/mol. The Kier molecular flexibility index (Phi) is 4.71. The second kappa shape index (κ2) is 6.05. The molecule has 0 aromatic heterocycles. The van der Waals surface area contributed by atoms with Gasteiger partial charge in [0, 0.05) is 12.2 Å². The molecule has 1 atom stereocenters. The summed E-state index contributed by atoms with van der Waals surface area (Å²) in [4.78, 5) is 23.2. The number of anilines is 1. The number of nitrogen functional groups attached to an aromatic ring is 1. The Hall–Kier alpha value is -2.04. The Morgan fingerprint density at radius 3 is 2.67 bits per heavy atom. The van der Waals surface area contributed by atoms with E-state index in [4.69, 9.17) is 10.5 Å². The van der Waals surface area contributed by atoms with Gasteiger partial charge >= 0.3 is 5.97 Å². The van der Waals surface area contributed by atoms with Crippen LogP contribution in [0.5, 0.6) is 0 Å². The van der Waals surface area contributed by atoms with E-state index in [1.807, 2.05) is 0 Å². The normalized spacial score (nSPS) is 11.7. The number of likely N-dealkylation sites (N-methyl/N-ethyl adjacent to an activating group) is 1. The van der Waals surface area contributed by atoms with Gasteiger partial charge in [-0.3, -0.25) is 4.79 Å². The summed E-state index contributed by atoms with van der Waals surface area (Å²) in [6.45, 7) is 5.64. The molecule has 1 unspecified atom stereocenters. The molecule has 0 radical (unpaired) electrons. The number of hydrogen-bond acceptors (Lipinski definition) is 4. The fourth-order valence-corrected chi connectivity index (χ4v) is 1.40. The van der Waals surface area contributed by atoms with E-state index in [0.29, 0.717) is 17.8 Å². The average molecular weight is 250 g/mol. The van der Waals surface area contributed by atoms with Gasteiger partial charge < -0.3 is 15.8 Å². The van der Waals surface area contributed by atoms with Crippen molar-refractivity contribution in [2.45, 2.75) is 26.9 Å². The lowest BCUT2D eigenvalue weighted by atomic mass is 10.1. The van der Waals surface area contributed by atoms with Gasteiger partial charge in [0.15, 0.2) is 6.10 Å². The number of nitrogens with two attached hydrogens (primary N) is 1. The molecule has 0 aliphatic rings. The maximum atomic E-state index is 11.8. The topological polar surface area (TPSA) is 81.4 Å². The number of benzene rings is 1. The molecular formula is C13H18N2O3. The molecular weight excluding hydrogens is 232 g/mol. The lowest BCUT2D eigenvalue weighted by Crippen LogP contribution is -2.35. The van der Waals surface area contributed by atoms with Crippen LogP contribution in [0.2, 0.25) is 0 Å². The molecule has 0 heterocycles. The summed E-state index contributed by atoms with van der Waals surface area (Å²) in [6.07, 6.45) is -0.810. The van der Waals surface area contributed by atoms with E-state index >= 15 is 0 Å². The molecule has 1 amide bonds. The van der Waals surface area contributed by atoms with Crippen LogP contribution in [0.15, 0.2) is 18.2 Å². The van der Waals surface area contributed by atoms with Gasteiger partial charge in [-0.15, -0.1) is 0 Å². The molecule has 5 heteroatoms. The van der Waals surface area contributed by atoms with E-state index in [1.54, 1.807) is 32.0 Å². The van der Waals surface area contributed by atoms with Gasteiger partial charge in [0.05, 0.1) is 5.56 Å². The summed E-state index contributed by atoms with van der Waals surface area (Å²) in [5.41, 5.74) is 7.46. The van der Waals surface area contributed by atoms with E-state index in [1.165, 1.54) is 6.92 Å². The van der Waals surface area contributed by atoms with Crippen molar-refractivity contribution < 1.29 is 14.3 Å². The minimum absolute atomic E-state index is 0.307. The molecule has 1 aromatic rings. The maximum absolute atomic E-state index is 11.8. The molecule has 0 aliphatic heterocycles. The summed E-state index contributed by atoms with van der Waals surface area (Å²) in [7, 11) is 0. The summed E-state index contributed by atoms with van der Waals surface area (Å²) < 4.78 is 5.05. The SMILES string of the molecule is CCNC(=O)C(C)OC(=O)c1ccc(N)c(C)c1. The summed E-state index contributed by atoms with van der Waals surface area (Å²) in [5, 5.41) is 2.59. The predicted molar refractivity (Wildman–Crippen MR) is 69.2 cm³/mol. The van der Waals surface area contributed by atoms with Crippen LogP contribution in [0.1, 0.15) is 29.8 Å². The fourth-order valence-electron chi connectivity index (χ4n) is 1.40. The Bertz CT molecular complexity index is 458. The molecule has 1 rings (SSSR count). The first-order valence-electron chi connectivity index (χ1n) is 5.80.